The molecular formula is C18H14ClF3N4O. The Hall–Kier alpha value is -2.87. The largest absolute Gasteiger partial charge is 0.350 e. The fourth-order valence-corrected chi connectivity index (χ4v) is 2.74. The van der Waals surface area contributed by atoms with Gasteiger partial charge in [0.15, 0.2) is 5.69 Å². The molecular weight excluding hydrogens is 381 g/mol. The van der Waals surface area contributed by atoms with Crippen molar-refractivity contribution in [2.45, 2.75) is 13.3 Å². The zero-order valence-electron chi connectivity index (χ0n) is 14.1. The Morgan fingerprint density at radius 3 is 2.52 bits per heavy atom. The number of hydrogen-bond donors (Lipinski definition) is 1. The lowest BCUT2D eigenvalue weighted by atomic mass is 10.1. The van der Waals surface area contributed by atoms with Gasteiger partial charge in [-0.05, 0) is 49.2 Å². The molecule has 5 nitrogen and oxygen atoms in total. The van der Waals surface area contributed by atoms with Crippen LogP contribution < -0.4 is 5.32 Å². The average molecular weight is 395 g/mol. The second-order valence-electron chi connectivity index (χ2n) is 5.82. The molecule has 140 valence electrons. The Labute approximate surface area is 157 Å². The maximum absolute atomic E-state index is 13.3. The quantitative estimate of drug-likeness (QED) is 0.719. The standard InChI is InChI=1S/C18H14ClF3N4O/c1-10-17(24-25-26(10)14-2-3-16(22)15(19)9-14)18(27)23-5-4-11-6-12(20)8-13(21)7-11/h2-3,6-9H,4-5H2,1H3,(H,23,27). The highest BCUT2D eigenvalue weighted by Gasteiger charge is 2.17. The molecule has 0 fully saturated rings. The monoisotopic (exact) mass is 394 g/mol. The smallest absolute Gasteiger partial charge is 0.273 e. The Kier molecular flexibility index (Phi) is 5.46. The van der Waals surface area contributed by atoms with E-state index >= 15 is 0 Å². The van der Waals surface area contributed by atoms with Gasteiger partial charge in [0, 0.05) is 12.6 Å². The molecule has 0 atom stereocenters. The predicted molar refractivity (Wildman–Crippen MR) is 93.5 cm³/mol. The van der Waals surface area contributed by atoms with Crippen LogP contribution in [-0.4, -0.2) is 27.4 Å². The van der Waals surface area contributed by atoms with Crippen molar-refractivity contribution < 1.29 is 18.0 Å². The Balaban J connectivity index is 1.68. The number of carbonyl (C=O) groups is 1. The lowest BCUT2D eigenvalue weighted by Gasteiger charge is -2.06. The zero-order valence-corrected chi connectivity index (χ0v) is 14.9. The summed E-state index contributed by atoms with van der Waals surface area (Å²) in [7, 11) is 0. The average Bonchev–Trinajstić information content (AvgIpc) is 2.98. The van der Waals surface area contributed by atoms with Crippen molar-refractivity contribution in [3.63, 3.8) is 0 Å². The molecule has 9 heteroatoms. The molecule has 0 saturated carbocycles. The van der Waals surface area contributed by atoms with Crippen LogP contribution in [0.2, 0.25) is 5.02 Å². The molecule has 1 aromatic heterocycles. The molecule has 0 aliphatic heterocycles. The highest BCUT2D eigenvalue weighted by molar-refractivity contribution is 6.30. The first kappa shape index (κ1) is 18.9. The summed E-state index contributed by atoms with van der Waals surface area (Å²) in [5, 5.41) is 10.3. The Morgan fingerprint density at radius 1 is 1.15 bits per heavy atom. The highest BCUT2D eigenvalue weighted by atomic mass is 35.5. The highest BCUT2D eigenvalue weighted by Crippen LogP contribution is 2.20. The third kappa shape index (κ3) is 4.28. The number of hydrogen-bond acceptors (Lipinski definition) is 3. The van der Waals surface area contributed by atoms with Gasteiger partial charge in [-0.25, -0.2) is 17.9 Å². The number of amides is 1. The van der Waals surface area contributed by atoms with Gasteiger partial charge in [-0.15, -0.1) is 5.10 Å². The minimum absolute atomic E-state index is 0.0734. The molecule has 0 aliphatic carbocycles. The maximum atomic E-state index is 13.3. The van der Waals surface area contributed by atoms with E-state index in [1.807, 2.05) is 0 Å². The summed E-state index contributed by atoms with van der Waals surface area (Å²) >= 11 is 5.77. The van der Waals surface area contributed by atoms with Gasteiger partial charge in [-0.2, -0.15) is 0 Å². The molecule has 0 saturated heterocycles. The number of benzene rings is 2. The number of rotatable bonds is 5. The fourth-order valence-electron chi connectivity index (χ4n) is 2.56. The van der Waals surface area contributed by atoms with E-state index in [1.165, 1.54) is 35.0 Å². The molecule has 1 N–H and O–H groups in total. The maximum Gasteiger partial charge on any atom is 0.273 e. The van der Waals surface area contributed by atoms with Crippen LogP contribution in [0.15, 0.2) is 36.4 Å². The molecule has 27 heavy (non-hydrogen) atoms. The van der Waals surface area contributed by atoms with Crippen LogP contribution in [0, 0.1) is 24.4 Å². The molecule has 0 bridgehead atoms. The van der Waals surface area contributed by atoms with E-state index in [-0.39, 0.29) is 23.7 Å². The summed E-state index contributed by atoms with van der Waals surface area (Å²) in [4.78, 5) is 12.3. The Morgan fingerprint density at radius 2 is 1.85 bits per heavy atom. The van der Waals surface area contributed by atoms with E-state index in [2.05, 4.69) is 15.6 Å². The number of nitrogens with one attached hydrogen (secondary N) is 1. The van der Waals surface area contributed by atoms with Crippen molar-refractivity contribution in [1.29, 1.82) is 0 Å². The first-order valence-corrected chi connectivity index (χ1v) is 8.34. The van der Waals surface area contributed by atoms with Crippen molar-refractivity contribution in [3.05, 3.63) is 75.8 Å². The first-order chi connectivity index (χ1) is 12.8. The van der Waals surface area contributed by atoms with Crippen LogP contribution in [0.3, 0.4) is 0 Å². The first-order valence-electron chi connectivity index (χ1n) is 7.96. The second-order valence-corrected chi connectivity index (χ2v) is 6.22. The van der Waals surface area contributed by atoms with Gasteiger partial charge in [-0.3, -0.25) is 4.79 Å². The molecule has 0 spiro atoms. The number of nitrogens with zero attached hydrogens (tertiary/aromatic N) is 3. The van der Waals surface area contributed by atoms with E-state index in [4.69, 9.17) is 11.6 Å². The molecule has 3 rings (SSSR count). The summed E-state index contributed by atoms with van der Waals surface area (Å²) in [6.45, 7) is 1.80. The molecule has 2 aromatic carbocycles. The summed E-state index contributed by atoms with van der Waals surface area (Å²) in [5.74, 6) is -2.39. The van der Waals surface area contributed by atoms with Gasteiger partial charge in [0.1, 0.15) is 17.5 Å². The van der Waals surface area contributed by atoms with E-state index in [0.717, 1.165) is 6.07 Å². The predicted octanol–water partition coefficient (Wildman–Crippen LogP) is 3.62. The van der Waals surface area contributed by atoms with Gasteiger partial charge in [0.25, 0.3) is 5.91 Å². The SMILES string of the molecule is Cc1c(C(=O)NCCc2cc(F)cc(F)c2)nnn1-c1ccc(F)c(Cl)c1. The van der Waals surface area contributed by atoms with Crippen LogP contribution >= 0.6 is 11.6 Å². The molecule has 0 aliphatic rings. The van der Waals surface area contributed by atoms with Crippen molar-refractivity contribution in [1.82, 2.24) is 20.3 Å². The zero-order chi connectivity index (χ0) is 19.6. The summed E-state index contributed by atoms with van der Waals surface area (Å²) in [6, 6.07) is 7.22. The third-order valence-corrected chi connectivity index (χ3v) is 4.17. The number of halogens is 4. The third-order valence-electron chi connectivity index (χ3n) is 3.88. The van der Waals surface area contributed by atoms with Gasteiger partial charge < -0.3 is 5.32 Å². The summed E-state index contributed by atoms with van der Waals surface area (Å²) in [5.41, 5.74) is 1.41. The lowest BCUT2D eigenvalue weighted by Crippen LogP contribution is -2.26. The van der Waals surface area contributed by atoms with Crippen LogP contribution in [-0.2, 0) is 6.42 Å². The molecule has 0 radical (unpaired) electrons. The van der Waals surface area contributed by atoms with Crippen LogP contribution in [0.1, 0.15) is 21.7 Å². The van der Waals surface area contributed by atoms with Crippen molar-refractivity contribution in [2.75, 3.05) is 6.54 Å². The topological polar surface area (TPSA) is 59.8 Å². The second kappa shape index (κ2) is 7.79. The molecule has 1 heterocycles. The van der Waals surface area contributed by atoms with E-state index in [1.54, 1.807) is 6.92 Å². The van der Waals surface area contributed by atoms with Gasteiger partial charge in [0.05, 0.1) is 16.4 Å². The summed E-state index contributed by atoms with van der Waals surface area (Å²) in [6.07, 6.45) is 0.251. The normalized spacial score (nSPS) is 10.9. The van der Waals surface area contributed by atoms with Gasteiger partial charge in [0.2, 0.25) is 0 Å². The van der Waals surface area contributed by atoms with E-state index < -0.39 is 23.4 Å². The minimum atomic E-state index is -0.673. The Bertz CT molecular complexity index is 986. The number of carbonyl (C=O) groups excluding carboxylic acids is 1. The molecule has 3 aromatic rings. The van der Waals surface area contributed by atoms with Crippen LogP contribution in [0.5, 0.6) is 0 Å². The van der Waals surface area contributed by atoms with Crippen LogP contribution in [0.25, 0.3) is 5.69 Å². The molecule has 0 unspecified atom stereocenters. The van der Waals surface area contributed by atoms with Gasteiger partial charge >= 0.3 is 0 Å². The van der Waals surface area contributed by atoms with Crippen LogP contribution in [0.4, 0.5) is 13.2 Å². The van der Waals surface area contributed by atoms with Crippen molar-refractivity contribution >= 4 is 17.5 Å². The van der Waals surface area contributed by atoms with Crippen molar-refractivity contribution in [2.24, 2.45) is 0 Å². The number of aromatic nitrogens is 3. The van der Waals surface area contributed by atoms with E-state index in [0.29, 0.717) is 16.9 Å². The van der Waals surface area contributed by atoms with Gasteiger partial charge in [-0.1, -0.05) is 16.8 Å². The summed E-state index contributed by atoms with van der Waals surface area (Å²) < 4.78 is 41.0. The molecule has 1 amide bonds. The lowest BCUT2D eigenvalue weighted by molar-refractivity contribution is 0.0948. The minimum Gasteiger partial charge on any atom is -0.350 e. The van der Waals surface area contributed by atoms with Crippen molar-refractivity contribution in [3.8, 4) is 5.69 Å². The fraction of sp³-hybridized carbons (Fsp3) is 0.167. The van der Waals surface area contributed by atoms with E-state index in [9.17, 15) is 18.0 Å².